The number of carbonyl (C=O) groups is 1. The van der Waals surface area contributed by atoms with Crippen LogP contribution in [0.4, 0.5) is 0 Å². The quantitative estimate of drug-likeness (QED) is 0.826. The Kier molecular flexibility index (Phi) is 4.36. The van der Waals surface area contributed by atoms with Crippen LogP contribution in [0.25, 0.3) is 0 Å². The van der Waals surface area contributed by atoms with Crippen LogP contribution >= 0.6 is 0 Å². The van der Waals surface area contributed by atoms with Crippen molar-refractivity contribution < 1.29 is 13.2 Å². The van der Waals surface area contributed by atoms with E-state index in [1.807, 2.05) is 0 Å². The molecule has 136 valence electrons. The van der Waals surface area contributed by atoms with Gasteiger partial charge in [0.25, 0.3) is 0 Å². The average Bonchev–Trinajstić information content (AvgIpc) is 3.34. The lowest BCUT2D eigenvalue weighted by Gasteiger charge is -2.37. The monoisotopic (exact) mass is 362 g/mol. The number of nitrogens with zero attached hydrogens (tertiary/aromatic N) is 2. The van der Waals surface area contributed by atoms with Gasteiger partial charge in [0.15, 0.2) is 0 Å². The van der Waals surface area contributed by atoms with E-state index in [4.69, 9.17) is 0 Å². The van der Waals surface area contributed by atoms with E-state index in [0.717, 1.165) is 38.5 Å². The minimum absolute atomic E-state index is 0.164. The van der Waals surface area contributed by atoms with Crippen LogP contribution in [0.2, 0.25) is 0 Å². The van der Waals surface area contributed by atoms with Crippen molar-refractivity contribution in [1.82, 2.24) is 9.21 Å². The van der Waals surface area contributed by atoms with Crippen molar-refractivity contribution in [2.75, 3.05) is 19.3 Å². The van der Waals surface area contributed by atoms with Gasteiger partial charge in [-0.2, -0.15) is 0 Å². The Bertz CT molecular complexity index is 773. The topological polar surface area (TPSA) is 57.7 Å². The largest absolute Gasteiger partial charge is 0.332 e. The Hall–Kier alpha value is -1.40. The molecule has 1 amide bonds. The van der Waals surface area contributed by atoms with E-state index >= 15 is 0 Å². The molecule has 0 bridgehead atoms. The molecule has 2 fully saturated rings. The molecular formula is C19H26N2O3S. The van der Waals surface area contributed by atoms with Crippen LogP contribution in [0.15, 0.2) is 24.3 Å². The molecule has 5 nitrogen and oxygen atoms in total. The van der Waals surface area contributed by atoms with Crippen LogP contribution in [0, 0.1) is 5.92 Å². The molecule has 6 heteroatoms. The van der Waals surface area contributed by atoms with Gasteiger partial charge in [0, 0.05) is 19.1 Å². The predicted octanol–water partition coefficient (Wildman–Crippen LogP) is 2.34. The molecule has 4 rings (SSSR count). The zero-order valence-electron chi connectivity index (χ0n) is 14.7. The first-order valence-corrected chi connectivity index (χ1v) is 11.1. The first-order chi connectivity index (χ1) is 11.9. The third-order valence-electron chi connectivity index (χ3n) is 5.83. The minimum Gasteiger partial charge on any atom is -0.332 e. The van der Waals surface area contributed by atoms with E-state index < -0.39 is 10.0 Å². The summed E-state index contributed by atoms with van der Waals surface area (Å²) in [5.74, 6) is -0.0330. The zero-order chi connectivity index (χ0) is 17.6. The first-order valence-electron chi connectivity index (χ1n) is 9.30. The van der Waals surface area contributed by atoms with Crippen molar-refractivity contribution >= 4 is 15.9 Å². The second-order valence-corrected chi connectivity index (χ2v) is 9.67. The number of sulfonamides is 1. The SMILES string of the molecule is CS(=O)(=O)N1CCC[C@H](C(=O)N(C2CC2)[C@H]2CCc3ccccc32)C1. The molecule has 1 aromatic carbocycles. The summed E-state index contributed by atoms with van der Waals surface area (Å²) in [6, 6.07) is 8.95. The summed E-state index contributed by atoms with van der Waals surface area (Å²) >= 11 is 0. The Labute approximate surface area is 150 Å². The summed E-state index contributed by atoms with van der Waals surface area (Å²) in [6.45, 7) is 0.882. The molecule has 3 aliphatic rings. The Morgan fingerprint density at radius 1 is 1.16 bits per heavy atom. The number of benzene rings is 1. The van der Waals surface area contributed by atoms with E-state index in [-0.39, 0.29) is 17.9 Å². The van der Waals surface area contributed by atoms with E-state index in [1.165, 1.54) is 21.7 Å². The summed E-state index contributed by atoms with van der Waals surface area (Å²) < 4.78 is 25.3. The predicted molar refractivity (Wildman–Crippen MR) is 96.5 cm³/mol. The van der Waals surface area contributed by atoms with Gasteiger partial charge in [0.2, 0.25) is 15.9 Å². The normalized spacial score (nSPS) is 27.1. The van der Waals surface area contributed by atoms with Crippen LogP contribution in [0.1, 0.15) is 49.3 Å². The summed E-state index contributed by atoms with van der Waals surface area (Å²) in [5, 5.41) is 0. The molecule has 1 saturated heterocycles. The molecule has 0 spiro atoms. The zero-order valence-corrected chi connectivity index (χ0v) is 15.5. The molecule has 0 N–H and O–H groups in total. The maximum Gasteiger partial charge on any atom is 0.227 e. The summed E-state index contributed by atoms with van der Waals surface area (Å²) in [7, 11) is -3.23. The van der Waals surface area contributed by atoms with Gasteiger partial charge in [-0.3, -0.25) is 4.79 Å². The van der Waals surface area contributed by atoms with Gasteiger partial charge in [-0.25, -0.2) is 12.7 Å². The Morgan fingerprint density at radius 2 is 1.92 bits per heavy atom. The fraction of sp³-hybridized carbons (Fsp3) is 0.632. The highest BCUT2D eigenvalue weighted by Gasteiger charge is 2.43. The molecule has 0 unspecified atom stereocenters. The van der Waals surface area contributed by atoms with Crippen molar-refractivity contribution in [1.29, 1.82) is 0 Å². The lowest BCUT2D eigenvalue weighted by Crippen LogP contribution is -2.47. The lowest BCUT2D eigenvalue weighted by molar-refractivity contribution is -0.140. The molecule has 1 aromatic rings. The molecule has 2 aliphatic carbocycles. The second-order valence-electron chi connectivity index (χ2n) is 7.69. The number of carbonyl (C=O) groups excluding carboxylic acids is 1. The van der Waals surface area contributed by atoms with Crippen LogP contribution in [0.3, 0.4) is 0 Å². The highest BCUT2D eigenvalue weighted by atomic mass is 32.2. The second kappa shape index (κ2) is 6.40. The highest BCUT2D eigenvalue weighted by Crippen LogP contribution is 2.43. The first kappa shape index (κ1) is 17.0. The van der Waals surface area contributed by atoms with Gasteiger partial charge < -0.3 is 4.90 Å². The van der Waals surface area contributed by atoms with Gasteiger partial charge in [-0.1, -0.05) is 24.3 Å². The average molecular weight is 362 g/mol. The van der Waals surface area contributed by atoms with Crippen LogP contribution < -0.4 is 0 Å². The van der Waals surface area contributed by atoms with Gasteiger partial charge in [0.1, 0.15) is 0 Å². The summed E-state index contributed by atoms with van der Waals surface area (Å²) in [5.41, 5.74) is 2.64. The van der Waals surface area contributed by atoms with Crippen LogP contribution in [-0.2, 0) is 21.2 Å². The number of fused-ring (bicyclic) bond motifs is 1. The fourth-order valence-electron chi connectivity index (χ4n) is 4.42. The van der Waals surface area contributed by atoms with E-state index in [1.54, 1.807) is 0 Å². The molecule has 0 radical (unpaired) electrons. The molecule has 25 heavy (non-hydrogen) atoms. The highest BCUT2D eigenvalue weighted by molar-refractivity contribution is 7.88. The third kappa shape index (κ3) is 3.34. The minimum atomic E-state index is -3.23. The third-order valence-corrected chi connectivity index (χ3v) is 7.10. The Balaban J connectivity index is 1.57. The van der Waals surface area contributed by atoms with Crippen molar-refractivity contribution in [3.05, 3.63) is 35.4 Å². The number of rotatable bonds is 4. The molecule has 1 aliphatic heterocycles. The summed E-state index contributed by atoms with van der Waals surface area (Å²) in [4.78, 5) is 15.5. The van der Waals surface area contributed by atoms with E-state index in [9.17, 15) is 13.2 Å². The molecule has 1 saturated carbocycles. The standard InChI is InChI=1S/C19H26N2O3S/c1-25(23,24)20-12-4-6-15(13-20)19(22)21(16-9-10-16)18-11-8-14-5-2-3-7-17(14)18/h2-3,5,7,15-16,18H,4,6,8-13H2,1H3/t15-,18-/m0/s1. The van der Waals surface area contributed by atoms with Crippen LogP contribution in [-0.4, -0.2) is 48.9 Å². The number of piperidine rings is 1. The molecule has 1 heterocycles. The number of hydrogen-bond acceptors (Lipinski definition) is 3. The summed E-state index contributed by atoms with van der Waals surface area (Å²) in [6.07, 6.45) is 6.97. The van der Waals surface area contributed by atoms with Crippen molar-refractivity contribution in [2.45, 2.75) is 50.6 Å². The maximum absolute atomic E-state index is 13.4. The number of hydrogen-bond donors (Lipinski definition) is 0. The van der Waals surface area contributed by atoms with Gasteiger partial charge in [0.05, 0.1) is 18.2 Å². The van der Waals surface area contributed by atoms with E-state index in [2.05, 4.69) is 29.2 Å². The maximum atomic E-state index is 13.4. The van der Waals surface area contributed by atoms with Crippen LogP contribution in [0.5, 0.6) is 0 Å². The van der Waals surface area contributed by atoms with Crippen molar-refractivity contribution in [3.8, 4) is 0 Å². The molecule has 2 atom stereocenters. The fourth-order valence-corrected chi connectivity index (χ4v) is 5.33. The smallest absolute Gasteiger partial charge is 0.227 e. The molecule has 0 aromatic heterocycles. The van der Waals surface area contributed by atoms with Gasteiger partial charge >= 0.3 is 0 Å². The van der Waals surface area contributed by atoms with Gasteiger partial charge in [-0.05, 0) is 49.7 Å². The van der Waals surface area contributed by atoms with E-state index in [0.29, 0.717) is 19.1 Å². The Morgan fingerprint density at radius 3 is 2.64 bits per heavy atom. The number of aryl methyl sites for hydroxylation is 1. The number of amides is 1. The van der Waals surface area contributed by atoms with Crippen molar-refractivity contribution in [2.24, 2.45) is 5.92 Å². The lowest BCUT2D eigenvalue weighted by atomic mass is 9.96. The van der Waals surface area contributed by atoms with Gasteiger partial charge in [-0.15, -0.1) is 0 Å². The van der Waals surface area contributed by atoms with Crippen molar-refractivity contribution in [3.63, 3.8) is 0 Å². The molecular weight excluding hydrogens is 336 g/mol.